The summed E-state index contributed by atoms with van der Waals surface area (Å²) in [6, 6.07) is 0. The van der Waals surface area contributed by atoms with E-state index in [1.807, 2.05) is 22.9 Å². The predicted octanol–water partition coefficient (Wildman–Crippen LogP) is 0.903. The molecule has 0 saturated carbocycles. The standard InChI is InChI=1S/C14H28IN3O3/c1-17-6-8-18(9-7-17)5-4-12-20-10-2-3-11-21-13-14(19)16-15/h2-13H2,1H3,(H,16,19). The van der Waals surface area contributed by atoms with Crippen molar-refractivity contribution >= 4 is 28.8 Å². The van der Waals surface area contributed by atoms with E-state index in [1.54, 1.807) is 0 Å². The average Bonchev–Trinajstić information content (AvgIpc) is 2.50. The summed E-state index contributed by atoms with van der Waals surface area (Å²) in [7, 11) is 2.18. The van der Waals surface area contributed by atoms with Gasteiger partial charge in [-0.3, -0.25) is 8.32 Å². The van der Waals surface area contributed by atoms with Gasteiger partial charge >= 0.3 is 0 Å². The lowest BCUT2D eigenvalue weighted by Crippen LogP contribution is -2.44. The minimum Gasteiger partial charge on any atom is -0.381 e. The summed E-state index contributed by atoms with van der Waals surface area (Å²) in [6.45, 7) is 8.24. The highest BCUT2D eigenvalue weighted by atomic mass is 127. The number of halogens is 1. The topological polar surface area (TPSA) is 54.0 Å². The van der Waals surface area contributed by atoms with Crippen LogP contribution in [-0.4, -0.2) is 81.9 Å². The quantitative estimate of drug-likeness (QED) is 0.310. The molecule has 0 aliphatic carbocycles. The van der Waals surface area contributed by atoms with Crippen molar-refractivity contribution in [3.8, 4) is 0 Å². The van der Waals surface area contributed by atoms with E-state index in [0.717, 1.165) is 39.0 Å². The fourth-order valence-electron chi connectivity index (χ4n) is 2.16. The van der Waals surface area contributed by atoms with E-state index < -0.39 is 0 Å². The lowest BCUT2D eigenvalue weighted by molar-refractivity contribution is -0.123. The van der Waals surface area contributed by atoms with Crippen LogP contribution in [0.4, 0.5) is 0 Å². The Labute approximate surface area is 142 Å². The summed E-state index contributed by atoms with van der Waals surface area (Å²) in [5.41, 5.74) is 0. The number of hydrogen-bond acceptors (Lipinski definition) is 5. The second kappa shape index (κ2) is 12.6. The second-order valence-corrected chi connectivity index (χ2v) is 5.93. The van der Waals surface area contributed by atoms with Gasteiger partial charge in [0.1, 0.15) is 6.61 Å². The van der Waals surface area contributed by atoms with Crippen LogP contribution < -0.4 is 3.53 Å². The fourth-order valence-corrected chi connectivity index (χ4v) is 2.32. The number of rotatable bonds is 11. The van der Waals surface area contributed by atoms with Gasteiger partial charge in [-0.25, -0.2) is 0 Å². The van der Waals surface area contributed by atoms with Gasteiger partial charge in [-0.15, -0.1) is 0 Å². The first kappa shape index (κ1) is 19.1. The zero-order valence-electron chi connectivity index (χ0n) is 13.0. The minimum absolute atomic E-state index is 0.0873. The van der Waals surface area contributed by atoms with Crippen molar-refractivity contribution in [3.63, 3.8) is 0 Å². The van der Waals surface area contributed by atoms with Crippen LogP contribution in [0.1, 0.15) is 19.3 Å². The molecule has 1 amide bonds. The number of piperazine rings is 1. The van der Waals surface area contributed by atoms with E-state index in [2.05, 4.69) is 20.4 Å². The Kier molecular flexibility index (Phi) is 11.4. The van der Waals surface area contributed by atoms with E-state index >= 15 is 0 Å². The Morgan fingerprint density at radius 3 is 2.33 bits per heavy atom. The van der Waals surface area contributed by atoms with Gasteiger partial charge in [0.25, 0.3) is 5.91 Å². The number of carbonyl (C=O) groups is 1. The summed E-state index contributed by atoms with van der Waals surface area (Å²) in [5, 5.41) is 0. The molecule has 1 fully saturated rings. The first-order chi connectivity index (χ1) is 10.2. The van der Waals surface area contributed by atoms with E-state index in [0.29, 0.717) is 6.61 Å². The first-order valence-electron chi connectivity index (χ1n) is 7.68. The molecule has 0 radical (unpaired) electrons. The van der Waals surface area contributed by atoms with Crippen molar-refractivity contribution in [1.29, 1.82) is 0 Å². The van der Waals surface area contributed by atoms with Gasteiger partial charge in [-0.05, 0) is 26.3 Å². The molecular formula is C14H28IN3O3. The minimum atomic E-state index is -0.0873. The van der Waals surface area contributed by atoms with Crippen molar-refractivity contribution in [2.24, 2.45) is 0 Å². The zero-order valence-corrected chi connectivity index (χ0v) is 15.1. The highest BCUT2D eigenvalue weighted by Gasteiger charge is 2.12. The van der Waals surface area contributed by atoms with Crippen molar-refractivity contribution in [3.05, 3.63) is 0 Å². The maximum absolute atomic E-state index is 10.9. The van der Waals surface area contributed by atoms with Gasteiger partial charge in [-0.1, -0.05) is 0 Å². The van der Waals surface area contributed by atoms with E-state index in [4.69, 9.17) is 9.47 Å². The van der Waals surface area contributed by atoms with Crippen LogP contribution in [-0.2, 0) is 14.3 Å². The maximum atomic E-state index is 10.9. The smallest absolute Gasteiger partial charge is 0.254 e. The number of carbonyl (C=O) groups excluding carboxylic acids is 1. The van der Waals surface area contributed by atoms with E-state index in [9.17, 15) is 4.79 Å². The van der Waals surface area contributed by atoms with Crippen molar-refractivity contribution in [2.75, 3.05) is 66.2 Å². The Morgan fingerprint density at radius 2 is 1.67 bits per heavy atom. The number of nitrogens with one attached hydrogen (secondary N) is 1. The molecule has 0 aromatic rings. The molecule has 7 heteroatoms. The highest BCUT2D eigenvalue weighted by Crippen LogP contribution is 2.00. The monoisotopic (exact) mass is 413 g/mol. The number of unbranched alkanes of at least 4 members (excludes halogenated alkanes) is 1. The highest BCUT2D eigenvalue weighted by molar-refractivity contribution is 14.1. The van der Waals surface area contributed by atoms with Crippen molar-refractivity contribution in [2.45, 2.75) is 19.3 Å². The molecule has 6 nitrogen and oxygen atoms in total. The summed E-state index contributed by atoms with van der Waals surface area (Å²) >= 11 is 1.81. The molecule has 1 aliphatic rings. The molecule has 21 heavy (non-hydrogen) atoms. The molecule has 1 rings (SSSR count). The molecule has 0 aromatic carbocycles. The number of nitrogens with zero attached hydrogens (tertiary/aromatic N) is 2. The number of likely N-dealkylation sites (N-methyl/N-ethyl adjacent to an activating group) is 1. The molecule has 1 heterocycles. The van der Waals surface area contributed by atoms with Crippen LogP contribution in [0.25, 0.3) is 0 Å². The van der Waals surface area contributed by atoms with Gasteiger partial charge in [0, 0.05) is 52.5 Å². The summed E-state index contributed by atoms with van der Waals surface area (Å²) in [4.78, 5) is 15.8. The molecule has 0 spiro atoms. The maximum Gasteiger partial charge on any atom is 0.254 e. The summed E-state index contributed by atoms with van der Waals surface area (Å²) < 4.78 is 13.3. The van der Waals surface area contributed by atoms with E-state index in [1.165, 1.54) is 26.2 Å². The Balaban J connectivity index is 1.77. The van der Waals surface area contributed by atoms with Crippen LogP contribution >= 0.6 is 22.9 Å². The summed E-state index contributed by atoms with van der Waals surface area (Å²) in [6.07, 6.45) is 3.03. The third-order valence-corrected chi connectivity index (χ3v) is 4.13. The largest absolute Gasteiger partial charge is 0.381 e. The van der Waals surface area contributed by atoms with Gasteiger partial charge in [0.2, 0.25) is 0 Å². The fraction of sp³-hybridized carbons (Fsp3) is 0.929. The number of ether oxygens (including phenoxy) is 2. The van der Waals surface area contributed by atoms with Crippen molar-refractivity contribution in [1.82, 2.24) is 13.3 Å². The normalized spacial score (nSPS) is 17.0. The molecule has 1 saturated heterocycles. The molecule has 1 N–H and O–H groups in total. The second-order valence-electron chi connectivity index (χ2n) is 5.39. The molecule has 0 atom stereocenters. The summed E-state index contributed by atoms with van der Waals surface area (Å²) in [5.74, 6) is -0.0873. The molecule has 1 aliphatic heterocycles. The number of amides is 1. The lowest BCUT2D eigenvalue weighted by atomic mass is 10.3. The zero-order chi connectivity index (χ0) is 15.3. The molecule has 0 unspecified atom stereocenters. The van der Waals surface area contributed by atoms with Crippen LogP contribution in [0.3, 0.4) is 0 Å². The molecule has 0 bridgehead atoms. The van der Waals surface area contributed by atoms with Gasteiger partial charge in [0.15, 0.2) is 0 Å². The molecular weight excluding hydrogens is 385 g/mol. The Hall–Kier alpha value is 0.0400. The lowest BCUT2D eigenvalue weighted by Gasteiger charge is -2.32. The van der Waals surface area contributed by atoms with Crippen LogP contribution in [0.15, 0.2) is 0 Å². The molecule has 124 valence electrons. The van der Waals surface area contributed by atoms with Crippen LogP contribution in [0, 0.1) is 0 Å². The van der Waals surface area contributed by atoms with Gasteiger partial charge < -0.3 is 19.3 Å². The SMILES string of the molecule is CN1CCN(CCCOCCCCOCC(=O)NI)CC1. The Morgan fingerprint density at radius 1 is 1.05 bits per heavy atom. The average molecular weight is 413 g/mol. The number of hydrogen-bond donors (Lipinski definition) is 1. The van der Waals surface area contributed by atoms with Crippen LogP contribution in [0.5, 0.6) is 0 Å². The van der Waals surface area contributed by atoms with Gasteiger partial charge in [0.05, 0.1) is 22.9 Å². The van der Waals surface area contributed by atoms with Crippen molar-refractivity contribution < 1.29 is 14.3 Å². The third kappa shape index (κ3) is 10.4. The third-order valence-electron chi connectivity index (χ3n) is 3.52. The van der Waals surface area contributed by atoms with Gasteiger partial charge in [-0.2, -0.15) is 0 Å². The van der Waals surface area contributed by atoms with E-state index in [-0.39, 0.29) is 12.5 Å². The predicted molar refractivity (Wildman–Crippen MR) is 91.6 cm³/mol. The molecule has 0 aromatic heterocycles. The van der Waals surface area contributed by atoms with Crippen LogP contribution in [0.2, 0.25) is 0 Å². The Bertz CT molecular complexity index is 274. The first-order valence-corrected chi connectivity index (χ1v) is 8.76.